The molecule has 0 spiro atoms. The highest BCUT2D eigenvalue weighted by molar-refractivity contribution is 5.69. The van der Waals surface area contributed by atoms with E-state index in [1.54, 1.807) is 37.6 Å². The zero-order chi connectivity index (χ0) is 23.2. The summed E-state index contributed by atoms with van der Waals surface area (Å²) in [7, 11) is 0. The SMILES string of the molecule is CCCCc1nc(C)n(-c2ncccn2)c(=O)c1Cc1ccc(-c2ccccc2C#N)cn1. The zero-order valence-corrected chi connectivity index (χ0v) is 18.7. The predicted molar refractivity (Wildman–Crippen MR) is 126 cm³/mol. The van der Waals surface area contributed by atoms with Crippen molar-refractivity contribution in [3.8, 4) is 23.1 Å². The third-order valence-electron chi connectivity index (χ3n) is 5.49. The normalized spacial score (nSPS) is 10.7. The van der Waals surface area contributed by atoms with Gasteiger partial charge in [0, 0.05) is 47.4 Å². The average Bonchev–Trinajstić information content (AvgIpc) is 2.85. The lowest BCUT2D eigenvalue weighted by molar-refractivity contribution is 0.720. The van der Waals surface area contributed by atoms with Gasteiger partial charge < -0.3 is 0 Å². The van der Waals surface area contributed by atoms with Crippen molar-refractivity contribution < 1.29 is 0 Å². The molecule has 0 bridgehead atoms. The fourth-order valence-electron chi connectivity index (χ4n) is 3.79. The van der Waals surface area contributed by atoms with E-state index in [0.29, 0.717) is 29.3 Å². The highest BCUT2D eigenvalue weighted by Gasteiger charge is 2.18. The standard InChI is InChI=1S/C26H24N6O/c1-3-4-10-24-23(25(33)32(18(2)31-24)26-28-13-7-14-29-26)15-21-12-11-20(17-30-21)22-9-6-5-8-19(22)16-27/h5-9,11-14,17H,3-4,10,15H2,1-2H3. The van der Waals surface area contributed by atoms with Crippen LogP contribution in [0, 0.1) is 18.3 Å². The quantitative estimate of drug-likeness (QED) is 0.431. The van der Waals surface area contributed by atoms with Crippen molar-refractivity contribution >= 4 is 0 Å². The van der Waals surface area contributed by atoms with Crippen LogP contribution in [-0.2, 0) is 12.8 Å². The lowest BCUT2D eigenvalue weighted by atomic mass is 10.0. The first-order valence-corrected chi connectivity index (χ1v) is 11.0. The molecular formula is C26H24N6O. The smallest absolute Gasteiger partial charge is 0.264 e. The molecule has 0 atom stereocenters. The Morgan fingerprint density at radius 2 is 1.82 bits per heavy atom. The van der Waals surface area contributed by atoms with Gasteiger partial charge in [-0.3, -0.25) is 9.78 Å². The molecular weight excluding hydrogens is 412 g/mol. The summed E-state index contributed by atoms with van der Waals surface area (Å²) in [6, 6.07) is 15.2. The fourth-order valence-corrected chi connectivity index (χ4v) is 3.79. The van der Waals surface area contributed by atoms with Crippen molar-refractivity contribution in [2.75, 3.05) is 0 Å². The molecule has 0 aliphatic rings. The van der Waals surface area contributed by atoms with E-state index in [9.17, 15) is 10.1 Å². The lowest BCUT2D eigenvalue weighted by Gasteiger charge is -2.14. The second-order valence-corrected chi connectivity index (χ2v) is 7.75. The van der Waals surface area contributed by atoms with Crippen LogP contribution >= 0.6 is 0 Å². The van der Waals surface area contributed by atoms with Crippen molar-refractivity contribution in [1.82, 2.24) is 24.5 Å². The van der Waals surface area contributed by atoms with Gasteiger partial charge in [0.15, 0.2) is 0 Å². The minimum absolute atomic E-state index is 0.166. The molecule has 7 heteroatoms. The molecule has 0 unspecified atom stereocenters. The molecule has 1 aromatic carbocycles. The molecule has 33 heavy (non-hydrogen) atoms. The average molecular weight is 437 g/mol. The summed E-state index contributed by atoms with van der Waals surface area (Å²) in [6.07, 6.45) is 8.01. The maximum Gasteiger partial charge on any atom is 0.264 e. The molecule has 3 heterocycles. The van der Waals surface area contributed by atoms with Gasteiger partial charge in [-0.1, -0.05) is 37.6 Å². The molecule has 7 nitrogen and oxygen atoms in total. The molecule has 4 aromatic rings. The van der Waals surface area contributed by atoms with E-state index in [0.717, 1.165) is 41.8 Å². The summed E-state index contributed by atoms with van der Waals surface area (Å²) in [6.45, 7) is 3.92. The van der Waals surface area contributed by atoms with Crippen molar-refractivity contribution in [2.45, 2.75) is 39.5 Å². The Kier molecular flexibility index (Phi) is 6.65. The number of hydrogen-bond acceptors (Lipinski definition) is 6. The topological polar surface area (TPSA) is 97.4 Å². The highest BCUT2D eigenvalue weighted by Crippen LogP contribution is 2.23. The maximum atomic E-state index is 13.5. The Labute approximate surface area is 192 Å². The molecule has 0 saturated carbocycles. The maximum absolute atomic E-state index is 13.5. The molecule has 0 amide bonds. The molecule has 4 rings (SSSR count). The van der Waals surface area contributed by atoms with Crippen molar-refractivity contribution in [2.24, 2.45) is 0 Å². The number of unbranched alkanes of at least 4 members (excludes halogenated alkanes) is 1. The number of nitrogens with zero attached hydrogens (tertiary/aromatic N) is 6. The van der Waals surface area contributed by atoms with Crippen LogP contribution in [0.15, 0.2) is 65.8 Å². The Bertz CT molecular complexity index is 1350. The minimum Gasteiger partial charge on any atom is -0.268 e. The molecule has 0 radical (unpaired) electrons. The van der Waals surface area contributed by atoms with Gasteiger partial charge in [0.2, 0.25) is 5.95 Å². The molecule has 164 valence electrons. The molecule has 0 aliphatic heterocycles. The number of pyridine rings is 1. The first kappa shape index (κ1) is 22.0. The van der Waals surface area contributed by atoms with E-state index in [2.05, 4.69) is 27.9 Å². The monoisotopic (exact) mass is 436 g/mol. The van der Waals surface area contributed by atoms with Crippen molar-refractivity contribution in [3.63, 3.8) is 0 Å². The third-order valence-corrected chi connectivity index (χ3v) is 5.49. The number of benzene rings is 1. The first-order valence-electron chi connectivity index (χ1n) is 11.0. The minimum atomic E-state index is -0.166. The van der Waals surface area contributed by atoms with Crippen LogP contribution in [0.1, 0.15) is 48.1 Å². The fraction of sp³-hybridized carbons (Fsp3) is 0.231. The van der Waals surface area contributed by atoms with Crippen LogP contribution in [-0.4, -0.2) is 24.5 Å². The lowest BCUT2D eigenvalue weighted by Crippen LogP contribution is -2.29. The number of aryl methyl sites for hydroxylation is 2. The summed E-state index contributed by atoms with van der Waals surface area (Å²) in [4.78, 5) is 31.4. The van der Waals surface area contributed by atoms with E-state index >= 15 is 0 Å². The second kappa shape index (κ2) is 9.96. The number of nitriles is 1. The van der Waals surface area contributed by atoms with Crippen LogP contribution in [0.3, 0.4) is 0 Å². The van der Waals surface area contributed by atoms with Crippen molar-refractivity contribution in [3.05, 3.63) is 99.7 Å². The molecule has 0 saturated heterocycles. The van der Waals surface area contributed by atoms with Crippen LogP contribution in [0.25, 0.3) is 17.1 Å². The van der Waals surface area contributed by atoms with Crippen LogP contribution < -0.4 is 5.56 Å². The van der Waals surface area contributed by atoms with Crippen LogP contribution in [0.2, 0.25) is 0 Å². The first-order chi connectivity index (χ1) is 16.1. The van der Waals surface area contributed by atoms with Gasteiger partial charge in [-0.25, -0.2) is 19.5 Å². The highest BCUT2D eigenvalue weighted by atomic mass is 16.1. The Morgan fingerprint density at radius 1 is 1.03 bits per heavy atom. The van der Waals surface area contributed by atoms with Gasteiger partial charge in [-0.05, 0) is 38.0 Å². The second-order valence-electron chi connectivity index (χ2n) is 7.75. The number of rotatable bonds is 7. The van der Waals surface area contributed by atoms with Crippen molar-refractivity contribution in [1.29, 1.82) is 5.26 Å². The summed E-state index contributed by atoms with van der Waals surface area (Å²) in [5.74, 6) is 0.879. The molecule has 0 fully saturated rings. The zero-order valence-electron chi connectivity index (χ0n) is 18.7. The summed E-state index contributed by atoms with van der Waals surface area (Å²) in [5.41, 5.74) is 4.30. The summed E-state index contributed by atoms with van der Waals surface area (Å²) < 4.78 is 1.46. The van der Waals surface area contributed by atoms with Gasteiger partial charge >= 0.3 is 0 Å². The Morgan fingerprint density at radius 3 is 2.52 bits per heavy atom. The largest absolute Gasteiger partial charge is 0.268 e. The van der Waals surface area contributed by atoms with E-state index < -0.39 is 0 Å². The summed E-state index contributed by atoms with van der Waals surface area (Å²) in [5, 5.41) is 9.38. The molecule has 3 aromatic heterocycles. The van der Waals surface area contributed by atoms with Gasteiger partial charge in [0.25, 0.3) is 5.56 Å². The van der Waals surface area contributed by atoms with Gasteiger partial charge in [-0.2, -0.15) is 5.26 Å². The Hall–Kier alpha value is -4.18. The number of hydrogen-bond donors (Lipinski definition) is 0. The van der Waals surface area contributed by atoms with Gasteiger partial charge in [0.05, 0.1) is 17.3 Å². The van der Waals surface area contributed by atoms with E-state index in [1.807, 2.05) is 30.3 Å². The summed E-state index contributed by atoms with van der Waals surface area (Å²) >= 11 is 0. The number of aromatic nitrogens is 5. The predicted octanol–water partition coefficient (Wildman–Crippen LogP) is 4.20. The van der Waals surface area contributed by atoms with E-state index in [-0.39, 0.29) is 5.56 Å². The van der Waals surface area contributed by atoms with Crippen LogP contribution in [0.5, 0.6) is 0 Å². The van der Waals surface area contributed by atoms with Crippen LogP contribution in [0.4, 0.5) is 0 Å². The van der Waals surface area contributed by atoms with Gasteiger partial charge in [-0.15, -0.1) is 0 Å². The Balaban J connectivity index is 1.73. The van der Waals surface area contributed by atoms with E-state index in [4.69, 9.17) is 4.98 Å². The van der Waals surface area contributed by atoms with Gasteiger partial charge in [0.1, 0.15) is 5.82 Å². The third kappa shape index (κ3) is 4.70. The molecule has 0 N–H and O–H groups in total. The molecule has 0 aliphatic carbocycles. The van der Waals surface area contributed by atoms with E-state index in [1.165, 1.54) is 4.57 Å².